The van der Waals surface area contributed by atoms with Gasteiger partial charge in [0.1, 0.15) is 0 Å². The molecule has 3 nitrogen and oxygen atoms in total. The monoisotopic (exact) mass is 374 g/mol. The van der Waals surface area contributed by atoms with Crippen LogP contribution in [-0.4, -0.2) is 9.97 Å². The van der Waals surface area contributed by atoms with Crippen LogP contribution in [0.4, 0.5) is 0 Å². The molecule has 2 heterocycles. The average molecular weight is 374 g/mol. The zero-order valence-electron chi connectivity index (χ0n) is 10.6. The summed E-state index contributed by atoms with van der Waals surface area (Å²) in [6, 6.07) is 4.12. The Morgan fingerprint density at radius 3 is 2.72 bits per heavy atom. The first-order valence-corrected chi connectivity index (χ1v) is 7.81. The SMILES string of the molecule is CCc1ccc(-c2nc(C(C)C)c(I)c(=O)[nH]2)s1. The largest absolute Gasteiger partial charge is 0.305 e. The summed E-state index contributed by atoms with van der Waals surface area (Å²) < 4.78 is 0.693. The molecule has 2 aromatic rings. The third-order valence-corrected chi connectivity index (χ3v) is 4.96. The highest BCUT2D eigenvalue weighted by molar-refractivity contribution is 14.1. The third kappa shape index (κ3) is 2.66. The number of hydrogen-bond acceptors (Lipinski definition) is 3. The molecule has 2 aromatic heterocycles. The van der Waals surface area contributed by atoms with Crippen LogP contribution in [-0.2, 0) is 6.42 Å². The quantitative estimate of drug-likeness (QED) is 0.831. The van der Waals surface area contributed by atoms with Gasteiger partial charge in [-0.05, 0) is 47.1 Å². The van der Waals surface area contributed by atoms with E-state index in [0.717, 1.165) is 17.0 Å². The van der Waals surface area contributed by atoms with Gasteiger partial charge < -0.3 is 4.98 Å². The van der Waals surface area contributed by atoms with Crippen LogP contribution in [0.5, 0.6) is 0 Å². The highest BCUT2D eigenvalue weighted by Crippen LogP contribution is 2.26. The zero-order chi connectivity index (χ0) is 13.3. The van der Waals surface area contributed by atoms with Crippen LogP contribution in [0.25, 0.3) is 10.7 Å². The molecule has 5 heteroatoms. The van der Waals surface area contributed by atoms with Gasteiger partial charge in [0.15, 0.2) is 5.82 Å². The van der Waals surface area contributed by atoms with Gasteiger partial charge in [0.25, 0.3) is 5.56 Å². The van der Waals surface area contributed by atoms with E-state index in [-0.39, 0.29) is 11.5 Å². The first-order valence-electron chi connectivity index (χ1n) is 5.91. The molecule has 0 aromatic carbocycles. The predicted octanol–water partition coefficient (Wildman–Crippen LogP) is 3.79. The van der Waals surface area contributed by atoms with Gasteiger partial charge in [-0.25, -0.2) is 4.98 Å². The maximum Gasteiger partial charge on any atom is 0.264 e. The fourth-order valence-corrected chi connectivity index (χ4v) is 3.44. The van der Waals surface area contributed by atoms with E-state index >= 15 is 0 Å². The molecule has 0 unspecified atom stereocenters. The summed E-state index contributed by atoms with van der Waals surface area (Å²) >= 11 is 3.75. The van der Waals surface area contributed by atoms with Crippen molar-refractivity contribution in [3.05, 3.63) is 36.6 Å². The van der Waals surface area contributed by atoms with Crippen molar-refractivity contribution in [2.24, 2.45) is 0 Å². The van der Waals surface area contributed by atoms with Crippen LogP contribution in [0, 0.1) is 3.57 Å². The van der Waals surface area contributed by atoms with Crippen molar-refractivity contribution in [3.63, 3.8) is 0 Å². The van der Waals surface area contributed by atoms with Crippen molar-refractivity contribution in [2.45, 2.75) is 33.1 Å². The summed E-state index contributed by atoms with van der Waals surface area (Å²) in [4.78, 5) is 21.7. The molecule has 0 spiro atoms. The van der Waals surface area contributed by atoms with E-state index in [4.69, 9.17) is 0 Å². The lowest BCUT2D eigenvalue weighted by atomic mass is 10.1. The number of halogens is 1. The topological polar surface area (TPSA) is 45.8 Å². The number of aryl methyl sites for hydroxylation is 1. The lowest BCUT2D eigenvalue weighted by Gasteiger charge is -2.08. The Labute approximate surface area is 124 Å². The Morgan fingerprint density at radius 1 is 1.44 bits per heavy atom. The van der Waals surface area contributed by atoms with Gasteiger partial charge in [-0.3, -0.25) is 4.79 Å². The summed E-state index contributed by atoms with van der Waals surface area (Å²) in [6.07, 6.45) is 1.01. The molecule has 18 heavy (non-hydrogen) atoms. The molecule has 0 aliphatic heterocycles. The second-order valence-electron chi connectivity index (χ2n) is 4.39. The normalized spacial score (nSPS) is 11.2. The Morgan fingerprint density at radius 2 is 2.17 bits per heavy atom. The summed E-state index contributed by atoms with van der Waals surface area (Å²) in [5.74, 6) is 0.942. The standard InChI is InChI=1S/C13H15IN2OS/c1-4-8-5-6-9(18-8)12-15-11(7(2)3)10(14)13(17)16-12/h5-7H,4H2,1-3H3,(H,15,16,17). The molecule has 0 saturated carbocycles. The van der Waals surface area contributed by atoms with Gasteiger partial charge in [0.2, 0.25) is 0 Å². The Balaban J connectivity index is 2.55. The summed E-state index contributed by atoms with van der Waals surface area (Å²) in [6.45, 7) is 6.23. The molecule has 0 amide bonds. The van der Waals surface area contributed by atoms with E-state index in [1.54, 1.807) is 11.3 Å². The van der Waals surface area contributed by atoms with Crippen LogP contribution in [0.15, 0.2) is 16.9 Å². The molecule has 0 aliphatic rings. The average Bonchev–Trinajstić information content (AvgIpc) is 2.80. The van der Waals surface area contributed by atoms with Crippen LogP contribution < -0.4 is 5.56 Å². The van der Waals surface area contributed by atoms with Gasteiger partial charge in [0, 0.05) is 4.88 Å². The third-order valence-electron chi connectivity index (χ3n) is 2.68. The molecule has 96 valence electrons. The molecule has 0 aliphatic carbocycles. The van der Waals surface area contributed by atoms with E-state index in [1.165, 1.54) is 4.88 Å². The van der Waals surface area contributed by atoms with E-state index in [1.807, 2.05) is 6.07 Å². The molecular formula is C13H15IN2OS. The molecule has 0 atom stereocenters. The van der Waals surface area contributed by atoms with E-state index < -0.39 is 0 Å². The second-order valence-corrected chi connectivity index (χ2v) is 6.64. The molecule has 1 N–H and O–H groups in total. The first kappa shape index (κ1) is 13.7. The molecule has 0 bridgehead atoms. The predicted molar refractivity (Wildman–Crippen MR) is 84.4 cm³/mol. The van der Waals surface area contributed by atoms with Crippen molar-refractivity contribution in [2.75, 3.05) is 0 Å². The van der Waals surface area contributed by atoms with Crippen molar-refractivity contribution < 1.29 is 0 Å². The van der Waals surface area contributed by atoms with E-state index in [9.17, 15) is 4.79 Å². The number of aromatic nitrogens is 2. The molecule has 2 rings (SSSR count). The highest BCUT2D eigenvalue weighted by atomic mass is 127. The van der Waals surface area contributed by atoms with E-state index in [0.29, 0.717) is 9.39 Å². The fraction of sp³-hybridized carbons (Fsp3) is 0.385. The number of nitrogens with one attached hydrogen (secondary N) is 1. The lowest BCUT2D eigenvalue weighted by Crippen LogP contribution is -2.16. The Kier molecular flexibility index (Phi) is 4.21. The summed E-state index contributed by atoms with van der Waals surface area (Å²) in [5.41, 5.74) is 0.830. The number of H-pyrrole nitrogens is 1. The lowest BCUT2D eigenvalue weighted by molar-refractivity contribution is 0.803. The minimum Gasteiger partial charge on any atom is -0.305 e. The Hall–Kier alpha value is -0.690. The van der Waals surface area contributed by atoms with Crippen LogP contribution in [0.2, 0.25) is 0 Å². The zero-order valence-corrected chi connectivity index (χ0v) is 13.6. The first-order chi connectivity index (χ1) is 8.52. The second kappa shape index (κ2) is 5.52. The van der Waals surface area contributed by atoms with Crippen LogP contribution >= 0.6 is 33.9 Å². The molecule has 0 radical (unpaired) electrons. The maximum atomic E-state index is 11.9. The van der Waals surface area contributed by atoms with Crippen molar-refractivity contribution in [1.82, 2.24) is 9.97 Å². The summed E-state index contributed by atoms with van der Waals surface area (Å²) in [7, 11) is 0. The van der Waals surface area contributed by atoms with Gasteiger partial charge in [0.05, 0.1) is 14.1 Å². The molecular weight excluding hydrogens is 359 g/mol. The van der Waals surface area contributed by atoms with Gasteiger partial charge in [-0.2, -0.15) is 0 Å². The van der Waals surface area contributed by atoms with Crippen molar-refractivity contribution in [1.29, 1.82) is 0 Å². The molecule has 0 saturated heterocycles. The van der Waals surface area contributed by atoms with Gasteiger partial charge in [-0.1, -0.05) is 20.8 Å². The number of hydrogen-bond donors (Lipinski definition) is 1. The minimum atomic E-state index is -0.0456. The fourth-order valence-electron chi connectivity index (χ4n) is 1.67. The number of nitrogens with zero attached hydrogens (tertiary/aromatic N) is 1. The van der Waals surface area contributed by atoms with Gasteiger partial charge >= 0.3 is 0 Å². The van der Waals surface area contributed by atoms with Crippen LogP contribution in [0.3, 0.4) is 0 Å². The minimum absolute atomic E-state index is 0.0456. The van der Waals surface area contributed by atoms with E-state index in [2.05, 4.69) is 59.4 Å². The van der Waals surface area contributed by atoms with Gasteiger partial charge in [-0.15, -0.1) is 11.3 Å². The molecule has 0 fully saturated rings. The summed E-state index contributed by atoms with van der Waals surface area (Å²) in [5, 5.41) is 0. The number of aromatic amines is 1. The highest BCUT2D eigenvalue weighted by Gasteiger charge is 2.14. The Bertz CT molecular complexity index is 616. The number of rotatable bonds is 3. The van der Waals surface area contributed by atoms with Crippen molar-refractivity contribution in [3.8, 4) is 10.7 Å². The smallest absolute Gasteiger partial charge is 0.264 e. The van der Waals surface area contributed by atoms with Crippen molar-refractivity contribution >= 4 is 33.9 Å². The number of thiophene rings is 1. The maximum absolute atomic E-state index is 11.9. The van der Waals surface area contributed by atoms with Crippen LogP contribution in [0.1, 0.15) is 37.3 Å².